The summed E-state index contributed by atoms with van der Waals surface area (Å²) in [6.45, 7) is 8.85. The predicted molar refractivity (Wildman–Crippen MR) is 104 cm³/mol. The summed E-state index contributed by atoms with van der Waals surface area (Å²) in [5.74, 6) is 1.28. The highest BCUT2D eigenvalue weighted by Crippen LogP contribution is 2.35. The van der Waals surface area contributed by atoms with Crippen molar-refractivity contribution in [2.75, 3.05) is 26.3 Å². The van der Waals surface area contributed by atoms with E-state index in [-0.39, 0.29) is 22.8 Å². The number of aromatic nitrogens is 2. The molecule has 0 bridgehead atoms. The van der Waals surface area contributed by atoms with Gasteiger partial charge in [-0.2, -0.15) is 5.10 Å². The summed E-state index contributed by atoms with van der Waals surface area (Å²) in [5, 5.41) is 4.52. The Morgan fingerprint density at radius 1 is 1.14 bits per heavy atom. The van der Waals surface area contributed by atoms with Crippen molar-refractivity contribution in [1.29, 1.82) is 0 Å². The van der Waals surface area contributed by atoms with Gasteiger partial charge in [-0.3, -0.25) is 9.59 Å². The number of carbonyl (C=O) groups is 1. The molecule has 0 saturated carbocycles. The Balaban J connectivity index is 1.43. The molecule has 0 N–H and O–H groups in total. The fourth-order valence-electron chi connectivity index (χ4n) is 3.49. The lowest BCUT2D eigenvalue weighted by molar-refractivity contribution is 0.0449. The van der Waals surface area contributed by atoms with Crippen molar-refractivity contribution in [2.24, 2.45) is 5.92 Å². The zero-order chi connectivity index (χ0) is 19.9. The van der Waals surface area contributed by atoms with Crippen LogP contribution in [0.15, 0.2) is 35.1 Å². The fraction of sp³-hybridized carbons (Fsp3) is 0.476. The number of ether oxygens (including phenoxy) is 2. The van der Waals surface area contributed by atoms with Gasteiger partial charge >= 0.3 is 0 Å². The summed E-state index contributed by atoms with van der Waals surface area (Å²) in [5.41, 5.74) is 1.18. The zero-order valence-electron chi connectivity index (χ0n) is 16.5. The molecular formula is C21H25N3O4. The largest absolute Gasteiger partial charge is 0.486 e. The van der Waals surface area contributed by atoms with Gasteiger partial charge in [-0.1, -0.05) is 26.8 Å². The van der Waals surface area contributed by atoms with E-state index in [2.05, 4.69) is 25.9 Å². The van der Waals surface area contributed by atoms with Crippen LogP contribution < -0.4 is 15.0 Å². The van der Waals surface area contributed by atoms with Gasteiger partial charge in [-0.15, -0.1) is 0 Å². The second-order valence-corrected chi connectivity index (χ2v) is 8.39. The summed E-state index contributed by atoms with van der Waals surface area (Å²) < 4.78 is 12.7. The fourth-order valence-corrected chi connectivity index (χ4v) is 3.49. The second-order valence-electron chi connectivity index (χ2n) is 8.39. The van der Waals surface area contributed by atoms with Crippen LogP contribution in [0.2, 0.25) is 0 Å². The molecule has 148 valence electrons. The van der Waals surface area contributed by atoms with Gasteiger partial charge in [0.15, 0.2) is 11.5 Å². The molecule has 0 spiro atoms. The minimum Gasteiger partial charge on any atom is -0.486 e. The SMILES string of the molecule is CC(C)(C)c1ccc(=O)n(CC2CN(C(=O)c3cccc4c3OCCO4)C2)n1. The monoisotopic (exact) mass is 383 g/mol. The Morgan fingerprint density at radius 2 is 1.89 bits per heavy atom. The molecule has 2 aromatic rings. The van der Waals surface area contributed by atoms with Crippen LogP contribution in [0, 0.1) is 5.92 Å². The molecule has 1 aromatic heterocycles. The van der Waals surface area contributed by atoms with Gasteiger partial charge in [0.05, 0.1) is 17.8 Å². The molecule has 1 fully saturated rings. The van der Waals surface area contributed by atoms with Crippen LogP contribution in [0.1, 0.15) is 36.8 Å². The van der Waals surface area contributed by atoms with Gasteiger partial charge < -0.3 is 14.4 Å². The molecule has 7 heteroatoms. The van der Waals surface area contributed by atoms with Crippen LogP contribution >= 0.6 is 0 Å². The first kappa shape index (κ1) is 18.5. The average Bonchev–Trinajstić information content (AvgIpc) is 2.63. The van der Waals surface area contributed by atoms with Crippen LogP contribution in [0.4, 0.5) is 0 Å². The van der Waals surface area contributed by atoms with E-state index in [9.17, 15) is 9.59 Å². The second kappa shape index (κ2) is 6.96. The van der Waals surface area contributed by atoms with Gasteiger partial charge in [0.1, 0.15) is 13.2 Å². The van der Waals surface area contributed by atoms with E-state index in [1.807, 2.05) is 6.07 Å². The lowest BCUT2D eigenvalue weighted by Gasteiger charge is -2.39. The number of amides is 1. The van der Waals surface area contributed by atoms with Crippen molar-refractivity contribution in [2.45, 2.75) is 32.7 Å². The van der Waals surface area contributed by atoms with Crippen molar-refractivity contribution in [1.82, 2.24) is 14.7 Å². The maximum absolute atomic E-state index is 12.9. The molecule has 28 heavy (non-hydrogen) atoms. The van der Waals surface area contributed by atoms with Crippen molar-refractivity contribution in [3.05, 3.63) is 51.9 Å². The number of likely N-dealkylation sites (tertiary alicyclic amines) is 1. The minimum atomic E-state index is -0.120. The zero-order valence-corrected chi connectivity index (χ0v) is 16.5. The third-order valence-electron chi connectivity index (χ3n) is 5.11. The van der Waals surface area contributed by atoms with Crippen LogP contribution in [-0.2, 0) is 12.0 Å². The number of fused-ring (bicyclic) bond motifs is 1. The molecule has 0 radical (unpaired) electrons. The van der Waals surface area contributed by atoms with E-state index < -0.39 is 0 Å². The minimum absolute atomic E-state index is 0.0673. The first-order chi connectivity index (χ1) is 13.3. The molecule has 4 rings (SSSR count). The number of benzene rings is 1. The molecule has 7 nitrogen and oxygen atoms in total. The number of hydrogen-bond acceptors (Lipinski definition) is 5. The highest BCUT2D eigenvalue weighted by molar-refractivity contribution is 5.98. The summed E-state index contributed by atoms with van der Waals surface area (Å²) in [7, 11) is 0. The molecule has 1 saturated heterocycles. The normalized spacial score (nSPS) is 16.6. The lowest BCUT2D eigenvalue weighted by Crippen LogP contribution is -2.52. The van der Waals surface area contributed by atoms with Crippen LogP contribution in [0.5, 0.6) is 11.5 Å². The molecule has 2 aliphatic heterocycles. The van der Waals surface area contributed by atoms with Crippen LogP contribution in [-0.4, -0.2) is 46.9 Å². The Bertz CT molecular complexity index is 955. The van der Waals surface area contributed by atoms with Crippen molar-refractivity contribution >= 4 is 5.91 Å². The number of carbonyl (C=O) groups excluding carboxylic acids is 1. The quantitative estimate of drug-likeness (QED) is 0.811. The van der Waals surface area contributed by atoms with Gasteiger partial charge in [0, 0.05) is 30.5 Å². The summed E-state index contributed by atoms with van der Waals surface area (Å²) in [6, 6.07) is 8.74. The Morgan fingerprint density at radius 3 is 2.64 bits per heavy atom. The average molecular weight is 383 g/mol. The first-order valence-corrected chi connectivity index (χ1v) is 9.59. The smallest absolute Gasteiger partial charge is 0.266 e. The Kier molecular flexibility index (Phi) is 4.61. The standard InChI is InChI=1S/C21H25N3O4/c1-21(2,3)17-7-8-18(25)24(22-17)13-14-11-23(12-14)20(26)15-5-4-6-16-19(15)28-10-9-27-16/h4-8,14H,9-13H2,1-3H3. The van der Waals surface area contributed by atoms with E-state index in [0.29, 0.717) is 49.9 Å². The number of nitrogens with zero attached hydrogens (tertiary/aromatic N) is 3. The van der Waals surface area contributed by atoms with Crippen molar-refractivity contribution in [3.63, 3.8) is 0 Å². The van der Waals surface area contributed by atoms with E-state index >= 15 is 0 Å². The third kappa shape index (κ3) is 3.48. The molecule has 0 aliphatic carbocycles. The molecular weight excluding hydrogens is 358 g/mol. The Hall–Kier alpha value is -2.83. The van der Waals surface area contributed by atoms with Gasteiger partial charge in [0.25, 0.3) is 11.5 Å². The van der Waals surface area contributed by atoms with E-state index in [1.165, 1.54) is 4.68 Å². The predicted octanol–water partition coefficient (Wildman–Crippen LogP) is 2.08. The van der Waals surface area contributed by atoms with E-state index in [1.54, 1.807) is 29.2 Å². The van der Waals surface area contributed by atoms with Crippen LogP contribution in [0.3, 0.4) is 0 Å². The van der Waals surface area contributed by atoms with Crippen molar-refractivity contribution < 1.29 is 14.3 Å². The highest BCUT2D eigenvalue weighted by atomic mass is 16.6. The van der Waals surface area contributed by atoms with E-state index in [0.717, 1.165) is 5.69 Å². The summed E-state index contributed by atoms with van der Waals surface area (Å²) >= 11 is 0. The first-order valence-electron chi connectivity index (χ1n) is 9.59. The molecule has 0 unspecified atom stereocenters. The van der Waals surface area contributed by atoms with Gasteiger partial charge in [-0.25, -0.2) is 4.68 Å². The van der Waals surface area contributed by atoms with Gasteiger partial charge in [0.2, 0.25) is 0 Å². The Labute approximate surface area is 163 Å². The molecule has 1 amide bonds. The van der Waals surface area contributed by atoms with Crippen LogP contribution in [0.25, 0.3) is 0 Å². The number of para-hydroxylation sites is 1. The lowest BCUT2D eigenvalue weighted by atomic mass is 9.92. The topological polar surface area (TPSA) is 73.7 Å². The molecule has 0 atom stereocenters. The molecule has 2 aliphatic rings. The highest BCUT2D eigenvalue weighted by Gasteiger charge is 2.34. The number of hydrogen-bond donors (Lipinski definition) is 0. The summed E-state index contributed by atoms with van der Waals surface area (Å²) in [4.78, 5) is 26.8. The summed E-state index contributed by atoms with van der Waals surface area (Å²) in [6.07, 6.45) is 0. The molecule has 3 heterocycles. The number of rotatable bonds is 3. The third-order valence-corrected chi connectivity index (χ3v) is 5.11. The van der Waals surface area contributed by atoms with E-state index in [4.69, 9.17) is 9.47 Å². The maximum Gasteiger partial charge on any atom is 0.266 e. The van der Waals surface area contributed by atoms with Crippen molar-refractivity contribution in [3.8, 4) is 11.5 Å². The molecule has 1 aromatic carbocycles. The maximum atomic E-state index is 12.9. The van der Waals surface area contributed by atoms with Gasteiger partial charge in [-0.05, 0) is 18.2 Å².